The molecule has 0 saturated carbocycles. The van der Waals surface area contributed by atoms with Crippen molar-refractivity contribution in [2.24, 2.45) is 0 Å². The van der Waals surface area contributed by atoms with Crippen molar-refractivity contribution in [3.05, 3.63) is 0 Å². The summed E-state index contributed by atoms with van der Waals surface area (Å²) in [5, 5.41) is 12.3. The van der Waals surface area contributed by atoms with Crippen LogP contribution in [0.4, 0.5) is 0 Å². The number of hydrogen-bond acceptors (Lipinski definition) is 4. The lowest BCUT2D eigenvalue weighted by Crippen LogP contribution is -2.54. The van der Waals surface area contributed by atoms with Crippen molar-refractivity contribution in [2.45, 2.75) is 51.7 Å². The number of carboxylic acids is 1. The van der Waals surface area contributed by atoms with Gasteiger partial charge in [-0.25, -0.2) is 0 Å². The van der Waals surface area contributed by atoms with Crippen LogP contribution in [0.2, 0.25) is 0 Å². The average molecular weight is 273 g/mol. The van der Waals surface area contributed by atoms with Crippen LogP contribution >= 0.6 is 0 Å². The van der Waals surface area contributed by atoms with Crippen LogP contribution in [0.15, 0.2) is 0 Å². The van der Waals surface area contributed by atoms with Crippen molar-refractivity contribution in [3.63, 3.8) is 0 Å². The second-order valence-electron chi connectivity index (χ2n) is 5.88. The lowest BCUT2D eigenvalue weighted by Gasteiger charge is -2.38. The highest BCUT2D eigenvalue weighted by Crippen LogP contribution is 2.18. The summed E-state index contributed by atoms with van der Waals surface area (Å²) in [6.07, 6.45) is 0.588. The fourth-order valence-corrected chi connectivity index (χ4v) is 2.70. The third-order valence-electron chi connectivity index (χ3n) is 3.85. The van der Waals surface area contributed by atoms with E-state index in [0.29, 0.717) is 12.5 Å². The van der Waals surface area contributed by atoms with Gasteiger partial charge >= 0.3 is 5.97 Å². The molecule has 0 radical (unpaired) electrons. The smallest absolute Gasteiger partial charge is 0.323 e. The van der Waals surface area contributed by atoms with Gasteiger partial charge in [0.1, 0.15) is 5.54 Å². The predicted molar refractivity (Wildman–Crippen MR) is 79.6 cm³/mol. The zero-order chi connectivity index (χ0) is 15.2. The Labute approximate surface area is 118 Å². The summed E-state index contributed by atoms with van der Waals surface area (Å²) in [4.78, 5) is 15.9. The van der Waals surface area contributed by atoms with Crippen LogP contribution in [-0.4, -0.2) is 72.7 Å². The molecule has 19 heavy (non-hydrogen) atoms. The normalized spacial score (nSPS) is 18.4. The molecule has 0 amide bonds. The van der Waals surface area contributed by atoms with E-state index >= 15 is 0 Å². The Hall–Kier alpha value is -0.650. The lowest BCUT2D eigenvalue weighted by atomic mass is 9.92. The summed E-state index contributed by atoms with van der Waals surface area (Å²) >= 11 is 0. The summed E-state index contributed by atoms with van der Waals surface area (Å²) in [6.45, 7) is 10.1. The van der Waals surface area contributed by atoms with Crippen molar-refractivity contribution in [3.8, 4) is 0 Å². The van der Waals surface area contributed by atoms with E-state index in [4.69, 9.17) is 0 Å². The maximum atomic E-state index is 11.4. The highest BCUT2D eigenvalue weighted by molar-refractivity contribution is 5.78. The van der Waals surface area contributed by atoms with E-state index in [2.05, 4.69) is 50.0 Å². The van der Waals surface area contributed by atoms with Crippen molar-refractivity contribution in [2.75, 3.05) is 34.2 Å². The molecular formula is C14H31N3O2. The second kappa shape index (κ2) is 7.82. The summed E-state index contributed by atoms with van der Waals surface area (Å²) in [5.74, 6) is -0.793. The van der Waals surface area contributed by atoms with Crippen LogP contribution in [0.3, 0.4) is 0 Å². The summed E-state index contributed by atoms with van der Waals surface area (Å²) < 4.78 is 0. The lowest BCUT2D eigenvalue weighted by molar-refractivity contribution is -0.144. The van der Waals surface area contributed by atoms with E-state index < -0.39 is 11.5 Å². The highest BCUT2D eigenvalue weighted by atomic mass is 16.4. The molecule has 0 aromatic carbocycles. The summed E-state index contributed by atoms with van der Waals surface area (Å²) in [5.41, 5.74) is -0.870. The monoisotopic (exact) mass is 273 g/mol. The van der Waals surface area contributed by atoms with Gasteiger partial charge in [-0.15, -0.1) is 0 Å². The SMILES string of the molecule is CCN(C(C)CN(C)C)C(C)CC(C)(NC)C(=O)O. The van der Waals surface area contributed by atoms with Crippen molar-refractivity contribution >= 4 is 5.97 Å². The second-order valence-corrected chi connectivity index (χ2v) is 5.88. The molecular weight excluding hydrogens is 242 g/mol. The molecule has 0 fully saturated rings. The Bertz CT molecular complexity index is 284. The van der Waals surface area contributed by atoms with Crippen LogP contribution in [0, 0.1) is 0 Å². The van der Waals surface area contributed by atoms with E-state index in [9.17, 15) is 9.90 Å². The van der Waals surface area contributed by atoms with E-state index in [0.717, 1.165) is 13.1 Å². The van der Waals surface area contributed by atoms with Gasteiger partial charge in [-0.05, 0) is 54.9 Å². The topological polar surface area (TPSA) is 55.8 Å². The fourth-order valence-electron chi connectivity index (χ4n) is 2.70. The molecule has 114 valence electrons. The standard InChI is InChI=1S/C14H31N3O2/c1-8-17(12(3)10-16(6)7)11(2)9-14(4,15-5)13(18)19/h11-12,15H,8-10H2,1-7H3,(H,18,19). The van der Waals surface area contributed by atoms with Gasteiger partial charge in [0.25, 0.3) is 0 Å². The first-order chi connectivity index (χ1) is 8.67. The van der Waals surface area contributed by atoms with E-state index in [1.165, 1.54) is 0 Å². The van der Waals surface area contributed by atoms with Gasteiger partial charge in [0.05, 0.1) is 0 Å². The number of hydrogen-bond donors (Lipinski definition) is 2. The Morgan fingerprint density at radius 2 is 1.84 bits per heavy atom. The van der Waals surface area contributed by atoms with E-state index in [1.54, 1.807) is 14.0 Å². The molecule has 0 spiro atoms. The van der Waals surface area contributed by atoms with Gasteiger partial charge in [-0.1, -0.05) is 6.92 Å². The number of carbonyl (C=O) groups is 1. The zero-order valence-electron chi connectivity index (χ0n) is 13.5. The first kappa shape index (κ1) is 18.4. The quantitative estimate of drug-likeness (QED) is 0.659. The minimum Gasteiger partial charge on any atom is -0.480 e. The molecule has 3 atom stereocenters. The minimum absolute atomic E-state index is 0.216. The van der Waals surface area contributed by atoms with Gasteiger partial charge in [0, 0.05) is 18.6 Å². The molecule has 0 aliphatic rings. The Morgan fingerprint density at radius 1 is 1.32 bits per heavy atom. The number of carboxylic acid groups (broad SMARTS) is 1. The number of aliphatic carboxylic acids is 1. The van der Waals surface area contributed by atoms with Crippen molar-refractivity contribution in [1.29, 1.82) is 0 Å². The molecule has 0 saturated heterocycles. The number of nitrogens with zero attached hydrogens (tertiary/aromatic N) is 2. The summed E-state index contributed by atoms with van der Waals surface area (Å²) in [7, 11) is 5.83. The molecule has 0 aliphatic carbocycles. The number of rotatable bonds is 9. The van der Waals surface area contributed by atoms with E-state index in [1.807, 2.05) is 0 Å². The van der Waals surface area contributed by atoms with Gasteiger partial charge in [-0.3, -0.25) is 9.69 Å². The largest absolute Gasteiger partial charge is 0.480 e. The molecule has 2 N–H and O–H groups in total. The van der Waals surface area contributed by atoms with Crippen LogP contribution in [0.5, 0.6) is 0 Å². The van der Waals surface area contributed by atoms with Gasteiger partial charge < -0.3 is 15.3 Å². The molecule has 5 heteroatoms. The van der Waals surface area contributed by atoms with Gasteiger partial charge in [0.15, 0.2) is 0 Å². The maximum absolute atomic E-state index is 11.4. The molecule has 0 aromatic heterocycles. The summed E-state index contributed by atoms with van der Waals surface area (Å²) in [6, 6.07) is 0.624. The zero-order valence-corrected chi connectivity index (χ0v) is 13.5. The Kier molecular flexibility index (Phi) is 7.55. The van der Waals surface area contributed by atoms with Crippen LogP contribution < -0.4 is 5.32 Å². The number of likely N-dealkylation sites (N-methyl/N-ethyl adjacent to an activating group) is 3. The van der Waals surface area contributed by atoms with Gasteiger partial charge in [0.2, 0.25) is 0 Å². The molecule has 0 bridgehead atoms. The maximum Gasteiger partial charge on any atom is 0.323 e. The third kappa shape index (κ3) is 5.47. The minimum atomic E-state index is -0.870. The van der Waals surface area contributed by atoms with Gasteiger partial charge in [-0.2, -0.15) is 0 Å². The predicted octanol–water partition coefficient (Wildman–Crippen LogP) is 1.10. The van der Waals surface area contributed by atoms with Crippen LogP contribution in [0.1, 0.15) is 34.1 Å². The molecule has 0 heterocycles. The molecule has 0 aromatic rings. The average Bonchev–Trinajstić information content (AvgIpc) is 2.28. The van der Waals surface area contributed by atoms with Crippen LogP contribution in [-0.2, 0) is 4.79 Å². The van der Waals surface area contributed by atoms with E-state index in [-0.39, 0.29) is 6.04 Å². The Balaban J connectivity index is 4.75. The molecule has 5 nitrogen and oxygen atoms in total. The number of nitrogens with one attached hydrogen (secondary N) is 1. The van der Waals surface area contributed by atoms with Crippen molar-refractivity contribution < 1.29 is 9.90 Å². The first-order valence-electron chi connectivity index (χ1n) is 7.00. The van der Waals surface area contributed by atoms with Crippen LogP contribution in [0.25, 0.3) is 0 Å². The molecule has 0 aliphatic heterocycles. The van der Waals surface area contributed by atoms with Crippen molar-refractivity contribution in [1.82, 2.24) is 15.1 Å². The fraction of sp³-hybridized carbons (Fsp3) is 0.929. The Morgan fingerprint density at radius 3 is 2.16 bits per heavy atom. The molecule has 3 unspecified atom stereocenters. The molecule has 0 rings (SSSR count). The third-order valence-corrected chi connectivity index (χ3v) is 3.85. The highest BCUT2D eigenvalue weighted by Gasteiger charge is 2.35. The first-order valence-corrected chi connectivity index (χ1v) is 7.00.